The average Bonchev–Trinajstić information content (AvgIpc) is 2.98. The normalized spacial score (nSPS) is 10.5. The van der Waals surface area contributed by atoms with Crippen molar-refractivity contribution in [2.75, 3.05) is 17.6 Å². The Morgan fingerprint density at radius 1 is 1.00 bits per heavy atom. The van der Waals surface area contributed by atoms with E-state index in [1.54, 1.807) is 0 Å². The number of aromatic amines is 1. The highest BCUT2D eigenvalue weighted by Crippen LogP contribution is 2.16. The molecule has 0 aliphatic rings. The van der Waals surface area contributed by atoms with Crippen molar-refractivity contribution in [1.29, 1.82) is 0 Å². The van der Waals surface area contributed by atoms with Crippen LogP contribution in [0.5, 0.6) is 0 Å². The van der Waals surface area contributed by atoms with Crippen LogP contribution < -0.4 is 11.1 Å². The van der Waals surface area contributed by atoms with Crippen LogP contribution in [0.25, 0.3) is 11.4 Å². The molecule has 1 aromatic heterocycles. The minimum absolute atomic E-state index is 0.699. The molecule has 0 saturated heterocycles. The third-order valence-electron chi connectivity index (χ3n) is 3.17. The highest BCUT2D eigenvalue weighted by Gasteiger charge is 2.05. The van der Waals surface area contributed by atoms with Crippen molar-refractivity contribution in [2.45, 2.75) is 6.42 Å². The molecule has 4 N–H and O–H groups in total. The molecule has 0 radical (unpaired) electrons. The van der Waals surface area contributed by atoms with Gasteiger partial charge in [-0.1, -0.05) is 18.2 Å². The second-order valence-electron chi connectivity index (χ2n) is 4.77. The summed E-state index contributed by atoms with van der Waals surface area (Å²) in [6.45, 7) is 0.806. The first kappa shape index (κ1) is 13.2. The largest absolute Gasteiger partial charge is 0.399 e. The first-order chi connectivity index (χ1) is 10.3. The minimum Gasteiger partial charge on any atom is -0.399 e. The Kier molecular flexibility index (Phi) is 3.82. The topological polar surface area (TPSA) is 79.6 Å². The molecule has 0 unspecified atom stereocenters. The van der Waals surface area contributed by atoms with Gasteiger partial charge >= 0.3 is 0 Å². The fourth-order valence-corrected chi connectivity index (χ4v) is 2.05. The van der Waals surface area contributed by atoms with E-state index < -0.39 is 0 Å². The fourth-order valence-electron chi connectivity index (χ4n) is 2.05. The van der Waals surface area contributed by atoms with Gasteiger partial charge in [-0.25, -0.2) is 4.98 Å². The number of nitrogens with one attached hydrogen (secondary N) is 2. The summed E-state index contributed by atoms with van der Waals surface area (Å²) in [7, 11) is 0. The van der Waals surface area contributed by atoms with Gasteiger partial charge in [-0.15, -0.1) is 0 Å². The van der Waals surface area contributed by atoms with Gasteiger partial charge in [-0.3, -0.25) is 5.10 Å². The molecule has 0 aliphatic carbocycles. The zero-order valence-corrected chi connectivity index (χ0v) is 11.6. The quantitative estimate of drug-likeness (QED) is 0.627. The standard InChI is InChI=1S/C16H17N5/c17-13-8-6-12(7-9-13)16-19-15(20-21-16)10-11-18-14-4-2-1-3-5-14/h1-9,18H,10-11,17H2,(H,19,20,21). The molecule has 0 atom stereocenters. The summed E-state index contributed by atoms with van der Waals surface area (Å²) < 4.78 is 0. The van der Waals surface area contributed by atoms with Gasteiger partial charge in [-0.05, 0) is 36.4 Å². The first-order valence-electron chi connectivity index (χ1n) is 6.87. The lowest BCUT2D eigenvalue weighted by molar-refractivity contribution is 0.901. The fraction of sp³-hybridized carbons (Fsp3) is 0.125. The molecule has 3 aromatic rings. The number of hydrogen-bond donors (Lipinski definition) is 3. The summed E-state index contributed by atoms with van der Waals surface area (Å²) in [5, 5.41) is 10.6. The van der Waals surface area contributed by atoms with E-state index in [1.165, 1.54) is 0 Å². The van der Waals surface area contributed by atoms with Gasteiger partial charge in [-0.2, -0.15) is 5.10 Å². The van der Waals surface area contributed by atoms with E-state index in [-0.39, 0.29) is 0 Å². The molecule has 3 rings (SSSR count). The molecule has 0 aliphatic heterocycles. The monoisotopic (exact) mass is 279 g/mol. The summed E-state index contributed by atoms with van der Waals surface area (Å²) in [6.07, 6.45) is 0.789. The van der Waals surface area contributed by atoms with Crippen molar-refractivity contribution in [3.63, 3.8) is 0 Å². The van der Waals surface area contributed by atoms with Crippen LogP contribution in [0.2, 0.25) is 0 Å². The molecule has 21 heavy (non-hydrogen) atoms. The predicted molar refractivity (Wildman–Crippen MR) is 84.9 cm³/mol. The molecule has 0 spiro atoms. The van der Waals surface area contributed by atoms with Gasteiger partial charge in [0.25, 0.3) is 0 Å². The van der Waals surface area contributed by atoms with Crippen molar-refractivity contribution in [2.24, 2.45) is 0 Å². The Balaban J connectivity index is 1.59. The van der Waals surface area contributed by atoms with Crippen LogP contribution in [0.1, 0.15) is 5.82 Å². The van der Waals surface area contributed by atoms with Gasteiger partial charge in [0.1, 0.15) is 5.82 Å². The summed E-state index contributed by atoms with van der Waals surface area (Å²) in [6, 6.07) is 17.6. The first-order valence-corrected chi connectivity index (χ1v) is 6.87. The lowest BCUT2D eigenvalue weighted by Gasteiger charge is -2.03. The number of anilines is 2. The maximum atomic E-state index is 5.67. The third-order valence-corrected chi connectivity index (χ3v) is 3.17. The summed E-state index contributed by atoms with van der Waals surface area (Å²) in [4.78, 5) is 4.49. The number of nitrogens with two attached hydrogens (primary N) is 1. The van der Waals surface area contributed by atoms with Gasteiger partial charge in [0.15, 0.2) is 5.82 Å². The van der Waals surface area contributed by atoms with Crippen molar-refractivity contribution in [3.8, 4) is 11.4 Å². The molecule has 106 valence electrons. The number of nitrogens with zero attached hydrogens (tertiary/aromatic N) is 2. The van der Waals surface area contributed by atoms with Crippen LogP contribution in [0.15, 0.2) is 54.6 Å². The molecule has 0 bridgehead atoms. The second kappa shape index (κ2) is 6.09. The maximum Gasteiger partial charge on any atom is 0.181 e. The van der Waals surface area contributed by atoms with E-state index >= 15 is 0 Å². The summed E-state index contributed by atoms with van der Waals surface area (Å²) >= 11 is 0. The van der Waals surface area contributed by atoms with E-state index in [9.17, 15) is 0 Å². The maximum absolute atomic E-state index is 5.67. The molecule has 5 nitrogen and oxygen atoms in total. The van der Waals surface area contributed by atoms with E-state index in [1.807, 2.05) is 54.6 Å². The van der Waals surface area contributed by atoms with Gasteiger partial charge in [0, 0.05) is 29.9 Å². The smallest absolute Gasteiger partial charge is 0.181 e. The van der Waals surface area contributed by atoms with E-state index in [0.29, 0.717) is 5.82 Å². The third kappa shape index (κ3) is 3.39. The molecule has 0 saturated carbocycles. The lowest BCUT2D eigenvalue weighted by Crippen LogP contribution is -2.05. The SMILES string of the molecule is Nc1ccc(-c2n[nH]c(CCNc3ccccc3)n2)cc1. The lowest BCUT2D eigenvalue weighted by atomic mass is 10.2. The van der Waals surface area contributed by atoms with Crippen LogP contribution in [0, 0.1) is 0 Å². The molecule has 5 heteroatoms. The number of hydrogen-bond acceptors (Lipinski definition) is 4. The van der Waals surface area contributed by atoms with Crippen molar-refractivity contribution >= 4 is 11.4 Å². The highest BCUT2D eigenvalue weighted by atomic mass is 15.2. The summed E-state index contributed by atoms with van der Waals surface area (Å²) in [5.74, 6) is 1.56. The number of aromatic nitrogens is 3. The molecule has 2 aromatic carbocycles. The number of rotatable bonds is 5. The zero-order valence-electron chi connectivity index (χ0n) is 11.6. The van der Waals surface area contributed by atoms with Crippen LogP contribution in [-0.4, -0.2) is 21.7 Å². The van der Waals surface area contributed by atoms with Crippen molar-refractivity contribution < 1.29 is 0 Å². The van der Waals surface area contributed by atoms with Gasteiger partial charge in [0.05, 0.1) is 0 Å². The molecule has 0 amide bonds. The Bertz CT molecular complexity index is 688. The molecular formula is C16H17N5. The number of benzene rings is 2. The second-order valence-corrected chi connectivity index (χ2v) is 4.77. The highest BCUT2D eigenvalue weighted by molar-refractivity contribution is 5.58. The number of para-hydroxylation sites is 1. The van der Waals surface area contributed by atoms with E-state index in [0.717, 1.165) is 35.7 Å². The van der Waals surface area contributed by atoms with E-state index in [4.69, 9.17) is 5.73 Å². The van der Waals surface area contributed by atoms with Crippen LogP contribution in [-0.2, 0) is 6.42 Å². The van der Waals surface area contributed by atoms with Crippen LogP contribution in [0.3, 0.4) is 0 Å². The number of H-pyrrole nitrogens is 1. The van der Waals surface area contributed by atoms with E-state index in [2.05, 4.69) is 20.5 Å². The molecule has 0 fully saturated rings. The van der Waals surface area contributed by atoms with Crippen molar-refractivity contribution in [3.05, 3.63) is 60.4 Å². The summed E-state index contributed by atoms with van der Waals surface area (Å²) in [5.41, 5.74) is 8.48. The Labute approximate surface area is 123 Å². The van der Waals surface area contributed by atoms with Crippen LogP contribution in [0.4, 0.5) is 11.4 Å². The Morgan fingerprint density at radius 3 is 2.52 bits per heavy atom. The zero-order chi connectivity index (χ0) is 14.5. The van der Waals surface area contributed by atoms with Crippen molar-refractivity contribution in [1.82, 2.24) is 15.2 Å². The average molecular weight is 279 g/mol. The van der Waals surface area contributed by atoms with Crippen LogP contribution >= 0.6 is 0 Å². The van der Waals surface area contributed by atoms with Gasteiger partial charge in [0.2, 0.25) is 0 Å². The number of nitrogen functional groups attached to an aromatic ring is 1. The molecular weight excluding hydrogens is 262 g/mol. The molecule has 1 heterocycles. The predicted octanol–water partition coefficient (Wildman–Crippen LogP) is 2.71. The Hall–Kier alpha value is -2.82. The van der Waals surface area contributed by atoms with Gasteiger partial charge < -0.3 is 11.1 Å². The minimum atomic E-state index is 0.699. The Morgan fingerprint density at radius 2 is 1.76 bits per heavy atom.